The van der Waals surface area contributed by atoms with Crippen LogP contribution in [0.1, 0.15) is 59.8 Å². The third kappa shape index (κ3) is 2.76. The van der Waals surface area contributed by atoms with Crippen molar-refractivity contribution in [1.82, 2.24) is 0 Å². The van der Waals surface area contributed by atoms with E-state index in [0.29, 0.717) is 11.8 Å². The predicted molar refractivity (Wildman–Crippen MR) is 87.4 cm³/mol. The largest absolute Gasteiger partial charge is 0.393 e. The first-order valence-electron chi connectivity index (χ1n) is 9.03. The van der Waals surface area contributed by atoms with Gasteiger partial charge in [0.05, 0.1) is 23.9 Å². The first-order valence-corrected chi connectivity index (χ1v) is 9.03. The van der Waals surface area contributed by atoms with Gasteiger partial charge in [-0.2, -0.15) is 0 Å². The average molecular weight is 308 g/mol. The van der Waals surface area contributed by atoms with Gasteiger partial charge in [0, 0.05) is 5.92 Å². The van der Waals surface area contributed by atoms with Crippen LogP contribution in [0.2, 0.25) is 0 Å². The van der Waals surface area contributed by atoms with Crippen molar-refractivity contribution in [3.63, 3.8) is 0 Å². The van der Waals surface area contributed by atoms with Crippen LogP contribution in [0, 0.1) is 23.7 Å². The highest BCUT2D eigenvalue weighted by Gasteiger charge is 2.57. The summed E-state index contributed by atoms with van der Waals surface area (Å²) in [6.07, 6.45) is 6.37. The van der Waals surface area contributed by atoms with E-state index in [1.54, 1.807) is 0 Å². The molecule has 0 radical (unpaired) electrons. The Labute approximate surface area is 134 Å². The molecular weight excluding hydrogens is 276 g/mol. The van der Waals surface area contributed by atoms with Gasteiger partial charge in [-0.25, -0.2) is 0 Å². The Balaban J connectivity index is 2.00. The highest BCUT2D eigenvalue weighted by molar-refractivity contribution is 5.12. The van der Waals surface area contributed by atoms with Gasteiger partial charge < -0.3 is 14.9 Å². The summed E-state index contributed by atoms with van der Waals surface area (Å²) in [5, 5.41) is 21.7. The Morgan fingerprint density at radius 3 is 2.68 bits per heavy atom. The third-order valence-corrected chi connectivity index (χ3v) is 6.41. The molecule has 2 aliphatic heterocycles. The molecular formula is C19H32O3. The number of hydrogen-bond acceptors (Lipinski definition) is 3. The molecule has 0 aromatic carbocycles. The van der Waals surface area contributed by atoms with Crippen LogP contribution < -0.4 is 0 Å². The van der Waals surface area contributed by atoms with Crippen LogP contribution in [-0.4, -0.2) is 34.1 Å². The van der Waals surface area contributed by atoms with Crippen molar-refractivity contribution in [3.05, 3.63) is 11.6 Å². The van der Waals surface area contributed by atoms with Crippen molar-refractivity contribution in [2.45, 2.75) is 83.7 Å². The minimum absolute atomic E-state index is 0.0624. The molecule has 0 aromatic heterocycles. The monoisotopic (exact) mass is 308 g/mol. The van der Waals surface area contributed by atoms with Gasteiger partial charge in [-0.3, -0.25) is 0 Å². The second-order valence-electron chi connectivity index (χ2n) is 8.45. The van der Waals surface area contributed by atoms with Crippen LogP contribution in [0.15, 0.2) is 11.6 Å². The standard InChI is InChI=1S/C19H32O3/c1-11(2)13-7-8-14(20)17-15-10-12(3)6-5-9-19(4,21)18(22-15)16(13)17/h6,11,13-18,20-21H,5,7-10H2,1-4H3/b12-6-/t13-,14-,15-,16-,17-,18-,19-/m1/s1. The molecule has 7 atom stereocenters. The van der Waals surface area contributed by atoms with Crippen LogP contribution in [0.4, 0.5) is 0 Å². The lowest BCUT2D eigenvalue weighted by Gasteiger charge is -2.44. The molecule has 2 N–H and O–H groups in total. The Morgan fingerprint density at radius 1 is 1.27 bits per heavy atom. The maximum Gasteiger partial charge on any atom is 0.0898 e. The fourth-order valence-electron chi connectivity index (χ4n) is 5.26. The van der Waals surface area contributed by atoms with Crippen molar-refractivity contribution < 1.29 is 14.9 Å². The van der Waals surface area contributed by atoms with Gasteiger partial charge >= 0.3 is 0 Å². The van der Waals surface area contributed by atoms with E-state index in [2.05, 4.69) is 26.8 Å². The molecule has 2 fully saturated rings. The fourth-order valence-corrected chi connectivity index (χ4v) is 5.26. The second kappa shape index (κ2) is 5.92. The highest BCUT2D eigenvalue weighted by atomic mass is 16.5. The zero-order valence-corrected chi connectivity index (χ0v) is 14.5. The van der Waals surface area contributed by atoms with Gasteiger partial charge in [-0.15, -0.1) is 0 Å². The van der Waals surface area contributed by atoms with Gasteiger partial charge in [0.1, 0.15) is 0 Å². The first kappa shape index (κ1) is 16.5. The molecule has 1 saturated carbocycles. The lowest BCUT2D eigenvalue weighted by molar-refractivity contribution is -0.117. The summed E-state index contributed by atoms with van der Waals surface area (Å²) in [5.74, 6) is 1.58. The zero-order valence-electron chi connectivity index (χ0n) is 14.5. The van der Waals surface area contributed by atoms with Crippen molar-refractivity contribution in [1.29, 1.82) is 0 Å². The molecule has 3 heteroatoms. The number of aliphatic hydroxyl groups is 2. The summed E-state index contributed by atoms with van der Waals surface area (Å²) in [6.45, 7) is 8.63. The second-order valence-corrected chi connectivity index (χ2v) is 8.45. The maximum atomic E-state index is 11.1. The topological polar surface area (TPSA) is 49.7 Å². The Morgan fingerprint density at radius 2 is 2.00 bits per heavy atom. The lowest BCUT2D eigenvalue weighted by atomic mass is 9.61. The summed E-state index contributed by atoms with van der Waals surface area (Å²) in [6, 6.07) is 0. The number of fused-ring (bicyclic) bond motifs is 5. The van der Waals surface area contributed by atoms with Crippen molar-refractivity contribution in [2.75, 3.05) is 0 Å². The van der Waals surface area contributed by atoms with E-state index in [4.69, 9.17) is 4.74 Å². The molecule has 126 valence electrons. The quantitative estimate of drug-likeness (QED) is 0.731. The smallest absolute Gasteiger partial charge is 0.0898 e. The first-order chi connectivity index (χ1) is 10.3. The molecule has 3 nitrogen and oxygen atoms in total. The molecule has 2 bridgehead atoms. The van der Waals surface area contributed by atoms with Gasteiger partial charge in [0.25, 0.3) is 0 Å². The number of allylic oxidation sites excluding steroid dienone is 1. The van der Waals surface area contributed by atoms with Crippen molar-refractivity contribution in [3.8, 4) is 0 Å². The number of ether oxygens (including phenoxy) is 1. The van der Waals surface area contributed by atoms with Crippen LogP contribution in [0.25, 0.3) is 0 Å². The van der Waals surface area contributed by atoms with Gasteiger partial charge in [0.2, 0.25) is 0 Å². The molecule has 0 unspecified atom stereocenters. The van der Waals surface area contributed by atoms with Gasteiger partial charge in [-0.1, -0.05) is 25.5 Å². The minimum atomic E-state index is -0.803. The SMILES string of the molecule is C/C1=C/CC[C@@](C)(O)[C@@H]2O[C@H](C1)[C@@H]1[C@H]2[C@@H](C(C)C)CC[C@H]1O. The molecule has 0 amide bonds. The predicted octanol–water partition coefficient (Wildman–Crippen LogP) is 3.29. The van der Waals surface area contributed by atoms with Gasteiger partial charge in [0.15, 0.2) is 0 Å². The van der Waals surface area contributed by atoms with E-state index >= 15 is 0 Å². The highest BCUT2D eigenvalue weighted by Crippen LogP contribution is 2.53. The molecule has 2 heterocycles. The lowest BCUT2D eigenvalue weighted by Crippen LogP contribution is -2.50. The van der Waals surface area contributed by atoms with E-state index in [9.17, 15) is 10.2 Å². The minimum Gasteiger partial charge on any atom is -0.393 e. The summed E-state index contributed by atoms with van der Waals surface area (Å²) in [4.78, 5) is 0. The summed E-state index contributed by atoms with van der Waals surface area (Å²) < 4.78 is 6.41. The average Bonchev–Trinajstić information content (AvgIpc) is 2.80. The van der Waals surface area contributed by atoms with Crippen molar-refractivity contribution >= 4 is 0 Å². The molecule has 1 saturated heterocycles. The Hall–Kier alpha value is -0.380. The molecule has 3 aliphatic rings. The maximum absolute atomic E-state index is 11.1. The zero-order chi connectivity index (χ0) is 16.1. The summed E-state index contributed by atoms with van der Waals surface area (Å²) in [7, 11) is 0. The van der Waals surface area contributed by atoms with E-state index in [1.807, 2.05) is 6.92 Å². The molecule has 0 spiro atoms. The summed E-state index contributed by atoms with van der Waals surface area (Å²) in [5.41, 5.74) is 0.532. The van der Waals surface area contributed by atoms with E-state index in [-0.39, 0.29) is 30.1 Å². The van der Waals surface area contributed by atoms with Gasteiger partial charge in [-0.05, 0) is 63.7 Å². The van der Waals surface area contributed by atoms with Crippen LogP contribution in [0.3, 0.4) is 0 Å². The molecule has 3 rings (SSSR count). The Kier molecular flexibility index (Phi) is 4.43. The van der Waals surface area contributed by atoms with E-state index in [0.717, 1.165) is 32.1 Å². The number of hydrogen-bond donors (Lipinski definition) is 2. The molecule has 0 aromatic rings. The van der Waals surface area contributed by atoms with E-state index in [1.165, 1.54) is 5.57 Å². The Bertz CT molecular complexity index is 440. The fraction of sp³-hybridized carbons (Fsp3) is 0.895. The van der Waals surface area contributed by atoms with E-state index < -0.39 is 5.60 Å². The van der Waals surface area contributed by atoms with Crippen LogP contribution in [-0.2, 0) is 4.74 Å². The third-order valence-electron chi connectivity index (χ3n) is 6.41. The number of rotatable bonds is 1. The molecule has 22 heavy (non-hydrogen) atoms. The van der Waals surface area contributed by atoms with Crippen LogP contribution >= 0.6 is 0 Å². The normalized spacial score (nSPS) is 51.5. The van der Waals surface area contributed by atoms with Crippen molar-refractivity contribution in [2.24, 2.45) is 23.7 Å². The number of aliphatic hydroxyl groups excluding tert-OH is 1. The van der Waals surface area contributed by atoms with Crippen LogP contribution in [0.5, 0.6) is 0 Å². The molecule has 1 aliphatic carbocycles. The summed E-state index contributed by atoms with van der Waals surface area (Å²) >= 11 is 0.